The second-order valence-electron chi connectivity index (χ2n) is 6.94. The van der Waals surface area contributed by atoms with Crippen molar-refractivity contribution < 1.29 is 4.79 Å². The Hall–Kier alpha value is -2.37. The van der Waals surface area contributed by atoms with E-state index in [1.54, 1.807) is 12.4 Å². The Balaban J connectivity index is 1.65. The lowest BCUT2D eigenvalue weighted by Gasteiger charge is -2.36. The molecule has 1 aliphatic heterocycles. The van der Waals surface area contributed by atoms with E-state index in [9.17, 15) is 4.79 Å². The van der Waals surface area contributed by atoms with Gasteiger partial charge < -0.3 is 10.2 Å². The number of rotatable bonds is 6. The highest BCUT2D eigenvalue weighted by Crippen LogP contribution is 2.22. The summed E-state index contributed by atoms with van der Waals surface area (Å²) in [6, 6.07) is 6.29. The maximum absolute atomic E-state index is 12.9. The summed E-state index contributed by atoms with van der Waals surface area (Å²) in [4.78, 5) is 19.3. The summed E-state index contributed by atoms with van der Waals surface area (Å²) in [7, 11) is 0. The molecule has 134 valence electrons. The maximum Gasteiger partial charge on any atom is 0.255 e. The van der Waals surface area contributed by atoms with Crippen molar-refractivity contribution in [1.29, 1.82) is 0 Å². The van der Waals surface area contributed by atoms with E-state index >= 15 is 0 Å². The van der Waals surface area contributed by atoms with Crippen LogP contribution < -0.4 is 5.32 Å². The Bertz CT molecular complexity index is 666. The van der Waals surface area contributed by atoms with Gasteiger partial charge in [0.05, 0.1) is 5.56 Å². The third-order valence-corrected chi connectivity index (χ3v) is 4.59. The number of hydrogen-bond acceptors (Lipinski definition) is 4. The highest BCUT2D eigenvalue weighted by atomic mass is 16.2. The van der Waals surface area contributed by atoms with Gasteiger partial charge in [0.25, 0.3) is 5.91 Å². The molecule has 6 heteroatoms. The van der Waals surface area contributed by atoms with Gasteiger partial charge in [0.2, 0.25) is 0 Å². The van der Waals surface area contributed by atoms with Crippen LogP contribution in [0.4, 0.5) is 5.82 Å². The van der Waals surface area contributed by atoms with Crippen LogP contribution in [0.5, 0.6) is 0 Å². The molecule has 0 radical (unpaired) electrons. The van der Waals surface area contributed by atoms with Gasteiger partial charge in [-0.25, -0.2) is 4.98 Å². The first-order valence-electron chi connectivity index (χ1n) is 9.14. The Labute approximate surface area is 149 Å². The molecule has 0 aliphatic carbocycles. The van der Waals surface area contributed by atoms with Crippen molar-refractivity contribution in [2.75, 3.05) is 11.9 Å². The maximum atomic E-state index is 12.9. The van der Waals surface area contributed by atoms with Crippen molar-refractivity contribution in [1.82, 2.24) is 19.7 Å². The Morgan fingerprint density at radius 1 is 1.36 bits per heavy atom. The predicted octanol–water partition coefficient (Wildman–Crippen LogP) is 3.18. The van der Waals surface area contributed by atoms with Gasteiger partial charge in [-0.2, -0.15) is 5.10 Å². The Morgan fingerprint density at radius 3 is 2.92 bits per heavy atom. The predicted molar refractivity (Wildman–Crippen MR) is 98.5 cm³/mol. The van der Waals surface area contributed by atoms with Crippen molar-refractivity contribution >= 4 is 11.7 Å². The smallest absolute Gasteiger partial charge is 0.255 e. The van der Waals surface area contributed by atoms with E-state index in [4.69, 9.17) is 0 Å². The molecule has 3 rings (SSSR count). The molecule has 25 heavy (non-hydrogen) atoms. The molecule has 1 N–H and O–H groups in total. The number of aromatic nitrogens is 3. The standard InChI is InChI=1S/C19H27N5O/c1-15(2)22-18-8-7-16(14-20-18)19(25)24-12-4-3-6-17(24)9-13-23-11-5-10-21-23/h5,7-8,10-11,14-15,17H,3-4,6,9,12-13H2,1-2H3,(H,20,22)/t17-/m1/s1. The molecule has 3 heterocycles. The SMILES string of the molecule is CC(C)Nc1ccc(C(=O)N2CCCC[C@@H]2CCn2cccn2)cn1. The van der Waals surface area contributed by atoms with Crippen LogP contribution >= 0.6 is 0 Å². The number of carbonyl (C=O) groups is 1. The zero-order chi connectivity index (χ0) is 17.6. The Kier molecular flexibility index (Phi) is 5.68. The highest BCUT2D eigenvalue weighted by molar-refractivity contribution is 5.94. The molecule has 0 spiro atoms. The van der Waals surface area contributed by atoms with Crippen LogP contribution in [-0.4, -0.2) is 44.2 Å². The molecule has 1 aliphatic rings. The average molecular weight is 341 g/mol. The number of nitrogens with zero attached hydrogens (tertiary/aromatic N) is 4. The largest absolute Gasteiger partial charge is 0.368 e. The summed E-state index contributed by atoms with van der Waals surface area (Å²) in [5.74, 6) is 0.897. The van der Waals surface area contributed by atoms with Crippen molar-refractivity contribution in [3.05, 3.63) is 42.4 Å². The normalized spacial score (nSPS) is 17.7. The van der Waals surface area contributed by atoms with E-state index in [1.807, 2.05) is 34.0 Å². The number of piperidine rings is 1. The number of carbonyl (C=O) groups excluding carboxylic acids is 1. The molecule has 0 aromatic carbocycles. The number of pyridine rings is 1. The van der Waals surface area contributed by atoms with E-state index in [0.29, 0.717) is 11.6 Å². The zero-order valence-electron chi connectivity index (χ0n) is 15.1. The lowest BCUT2D eigenvalue weighted by atomic mass is 9.98. The second-order valence-corrected chi connectivity index (χ2v) is 6.94. The van der Waals surface area contributed by atoms with Gasteiger partial charge in [0.1, 0.15) is 5.82 Å². The summed E-state index contributed by atoms with van der Waals surface area (Å²) in [6.07, 6.45) is 9.71. The molecule has 0 saturated carbocycles. The number of hydrogen-bond donors (Lipinski definition) is 1. The van der Waals surface area contributed by atoms with Crippen molar-refractivity contribution in [3.63, 3.8) is 0 Å². The first-order chi connectivity index (χ1) is 12.1. The molecular weight excluding hydrogens is 314 g/mol. The molecule has 2 aromatic heterocycles. The third-order valence-electron chi connectivity index (χ3n) is 4.59. The molecule has 0 bridgehead atoms. The van der Waals surface area contributed by atoms with Gasteiger partial charge in [0, 0.05) is 43.8 Å². The lowest BCUT2D eigenvalue weighted by molar-refractivity contribution is 0.0593. The summed E-state index contributed by atoms with van der Waals surface area (Å²) in [6.45, 7) is 5.81. The monoisotopic (exact) mass is 341 g/mol. The molecule has 0 unspecified atom stereocenters. The average Bonchev–Trinajstić information content (AvgIpc) is 3.13. The topological polar surface area (TPSA) is 63.1 Å². The van der Waals surface area contributed by atoms with Crippen molar-refractivity contribution in [2.45, 2.75) is 58.2 Å². The summed E-state index contributed by atoms with van der Waals surface area (Å²) >= 11 is 0. The van der Waals surface area contributed by atoms with Gasteiger partial charge in [0.15, 0.2) is 0 Å². The summed E-state index contributed by atoms with van der Waals surface area (Å²) < 4.78 is 1.94. The number of nitrogens with one attached hydrogen (secondary N) is 1. The minimum Gasteiger partial charge on any atom is -0.368 e. The minimum absolute atomic E-state index is 0.0914. The molecule has 1 amide bonds. The van der Waals surface area contributed by atoms with Crippen LogP contribution in [0, 0.1) is 0 Å². The summed E-state index contributed by atoms with van der Waals surface area (Å²) in [5.41, 5.74) is 0.667. The number of amides is 1. The number of aryl methyl sites for hydroxylation is 1. The molecule has 1 fully saturated rings. The Morgan fingerprint density at radius 2 is 2.24 bits per heavy atom. The van der Waals surface area contributed by atoms with Crippen LogP contribution in [0.25, 0.3) is 0 Å². The van der Waals surface area contributed by atoms with E-state index < -0.39 is 0 Å². The van der Waals surface area contributed by atoms with Gasteiger partial charge >= 0.3 is 0 Å². The van der Waals surface area contributed by atoms with Crippen LogP contribution in [0.15, 0.2) is 36.8 Å². The minimum atomic E-state index is 0.0914. The van der Waals surface area contributed by atoms with Crippen LogP contribution in [-0.2, 0) is 6.54 Å². The lowest BCUT2D eigenvalue weighted by Crippen LogP contribution is -2.44. The molecule has 2 aromatic rings. The third kappa shape index (κ3) is 4.59. The van der Waals surface area contributed by atoms with Gasteiger partial charge in [-0.3, -0.25) is 9.48 Å². The van der Waals surface area contributed by atoms with Gasteiger partial charge in [-0.05, 0) is 57.7 Å². The fourth-order valence-corrected chi connectivity index (χ4v) is 3.35. The fraction of sp³-hybridized carbons (Fsp3) is 0.526. The van der Waals surface area contributed by atoms with E-state index in [2.05, 4.69) is 29.2 Å². The number of likely N-dealkylation sites (tertiary alicyclic amines) is 1. The molecule has 1 atom stereocenters. The molecule has 1 saturated heterocycles. The van der Waals surface area contributed by atoms with Crippen LogP contribution in [0.2, 0.25) is 0 Å². The zero-order valence-corrected chi connectivity index (χ0v) is 15.1. The van der Waals surface area contributed by atoms with Gasteiger partial charge in [-0.1, -0.05) is 0 Å². The van der Waals surface area contributed by atoms with Crippen LogP contribution in [0.3, 0.4) is 0 Å². The van der Waals surface area contributed by atoms with E-state index in [1.165, 1.54) is 6.42 Å². The van der Waals surface area contributed by atoms with Crippen molar-refractivity contribution in [2.24, 2.45) is 0 Å². The van der Waals surface area contributed by atoms with E-state index in [-0.39, 0.29) is 11.9 Å². The van der Waals surface area contributed by atoms with Crippen molar-refractivity contribution in [3.8, 4) is 0 Å². The first-order valence-corrected chi connectivity index (χ1v) is 9.14. The van der Waals surface area contributed by atoms with Gasteiger partial charge in [-0.15, -0.1) is 0 Å². The quantitative estimate of drug-likeness (QED) is 0.876. The number of anilines is 1. The summed E-state index contributed by atoms with van der Waals surface area (Å²) in [5, 5.41) is 7.51. The second kappa shape index (κ2) is 8.14. The van der Waals surface area contributed by atoms with Crippen LogP contribution in [0.1, 0.15) is 49.9 Å². The molecular formula is C19H27N5O. The first kappa shape index (κ1) is 17.5. The fourth-order valence-electron chi connectivity index (χ4n) is 3.35. The highest BCUT2D eigenvalue weighted by Gasteiger charge is 2.27. The molecule has 6 nitrogen and oxygen atoms in total. The van der Waals surface area contributed by atoms with E-state index in [0.717, 1.165) is 38.2 Å².